The molecule has 7 heteroatoms. The molecule has 1 aromatic rings. The van der Waals surface area contributed by atoms with E-state index in [1.165, 1.54) is 23.0 Å². The highest BCUT2D eigenvalue weighted by molar-refractivity contribution is 8.22. The van der Waals surface area contributed by atoms with Gasteiger partial charge in [-0.05, 0) is 62.2 Å². The van der Waals surface area contributed by atoms with Crippen LogP contribution >= 0.6 is 24.0 Å². The zero-order chi connectivity index (χ0) is 22.1. The Labute approximate surface area is 200 Å². The maximum atomic E-state index is 13.3. The molecule has 5 atom stereocenters. The van der Waals surface area contributed by atoms with E-state index in [1.807, 2.05) is 6.26 Å². The zero-order valence-corrected chi connectivity index (χ0v) is 20.6. The van der Waals surface area contributed by atoms with Gasteiger partial charge in [-0.15, -0.1) is 0 Å². The number of thioether (sulfide) groups is 1. The summed E-state index contributed by atoms with van der Waals surface area (Å²) in [6, 6.07) is 8.99. The van der Waals surface area contributed by atoms with Gasteiger partial charge in [0.05, 0.1) is 18.1 Å². The Bertz CT molecular complexity index is 972. The van der Waals surface area contributed by atoms with Gasteiger partial charge in [-0.1, -0.05) is 43.3 Å². The van der Waals surface area contributed by atoms with E-state index in [-0.39, 0.29) is 28.9 Å². The number of thiocarbonyl (C=S) groups is 1. The molecule has 172 valence electrons. The lowest BCUT2D eigenvalue weighted by molar-refractivity contribution is -0.241. The van der Waals surface area contributed by atoms with E-state index < -0.39 is 5.72 Å². The molecule has 1 aromatic carbocycles. The lowest BCUT2D eigenvalue weighted by Crippen LogP contribution is -2.77. The Morgan fingerprint density at radius 1 is 1.31 bits per heavy atom. The van der Waals surface area contributed by atoms with Crippen molar-refractivity contribution in [3.63, 3.8) is 0 Å². The molecule has 4 heterocycles. The predicted molar refractivity (Wildman–Crippen MR) is 131 cm³/mol. The number of hydrogen-bond donors (Lipinski definition) is 0. The summed E-state index contributed by atoms with van der Waals surface area (Å²) < 4.78 is 14.1. The van der Waals surface area contributed by atoms with E-state index in [9.17, 15) is 4.79 Å². The monoisotopic (exact) mass is 472 g/mol. The van der Waals surface area contributed by atoms with Crippen LogP contribution < -0.4 is 4.90 Å². The number of rotatable bonds is 4. The molecule has 1 aliphatic carbocycles. The molecule has 5 nitrogen and oxygen atoms in total. The molecule has 0 N–H and O–H groups in total. The first kappa shape index (κ1) is 21.2. The van der Waals surface area contributed by atoms with Gasteiger partial charge in [0, 0.05) is 30.6 Å². The fraction of sp³-hybridized carbons (Fsp3) is 0.680. The number of para-hydroxylation sites is 1. The largest absolute Gasteiger partial charge is 0.473 e. The van der Waals surface area contributed by atoms with Crippen LogP contribution in [0, 0.1) is 5.41 Å². The van der Waals surface area contributed by atoms with Crippen LogP contribution in [0.2, 0.25) is 0 Å². The highest BCUT2D eigenvalue weighted by Gasteiger charge is 2.82. The predicted octanol–water partition coefficient (Wildman–Crippen LogP) is 4.48. The number of unbranched alkanes of at least 4 members (excludes halogenated alkanes) is 1. The lowest BCUT2D eigenvalue weighted by atomic mass is 9.49. The molecule has 0 radical (unpaired) electrons. The van der Waals surface area contributed by atoms with Gasteiger partial charge in [-0.25, -0.2) is 0 Å². The summed E-state index contributed by atoms with van der Waals surface area (Å²) in [6.07, 6.45) is 8.60. The Kier molecular flexibility index (Phi) is 4.87. The molecular weight excluding hydrogens is 440 g/mol. The smallest absolute Gasteiger partial charge is 0.224 e. The third-order valence-electron chi connectivity index (χ3n) is 9.09. The number of anilines is 1. The van der Waals surface area contributed by atoms with Gasteiger partial charge in [-0.3, -0.25) is 4.79 Å². The van der Waals surface area contributed by atoms with Crippen LogP contribution in [-0.4, -0.2) is 59.0 Å². The quantitative estimate of drug-likeness (QED) is 0.602. The molecule has 4 aliphatic heterocycles. The number of piperidine rings is 1. The summed E-state index contributed by atoms with van der Waals surface area (Å²) >= 11 is 7.12. The molecule has 6 rings (SSSR count). The maximum Gasteiger partial charge on any atom is 0.224 e. The molecule has 5 aliphatic rings. The fourth-order valence-corrected chi connectivity index (χ4v) is 8.52. The number of hydrogen-bond acceptors (Lipinski definition) is 6. The van der Waals surface area contributed by atoms with Gasteiger partial charge < -0.3 is 19.3 Å². The summed E-state index contributed by atoms with van der Waals surface area (Å²) in [5, 5.41) is 0. The van der Waals surface area contributed by atoms with Crippen molar-refractivity contribution in [3.05, 3.63) is 29.8 Å². The molecular formula is C25H32N2O3S2. The normalized spacial score (nSPS) is 38.9. The van der Waals surface area contributed by atoms with Crippen LogP contribution in [0.1, 0.15) is 57.4 Å². The number of carbonyl (C=O) groups excluding carboxylic acids is 1. The molecule has 1 unspecified atom stereocenters. The molecule has 3 saturated heterocycles. The van der Waals surface area contributed by atoms with Crippen molar-refractivity contribution >= 4 is 40.0 Å². The second-order valence-electron chi connectivity index (χ2n) is 10.1. The third kappa shape index (κ3) is 2.35. The molecule has 1 amide bonds. The van der Waals surface area contributed by atoms with Gasteiger partial charge in [0.25, 0.3) is 0 Å². The van der Waals surface area contributed by atoms with Gasteiger partial charge in [0.2, 0.25) is 10.3 Å². The van der Waals surface area contributed by atoms with E-state index in [1.54, 1.807) is 0 Å². The number of carbonyl (C=O) groups is 1. The van der Waals surface area contributed by atoms with Crippen LogP contribution in [0.25, 0.3) is 0 Å². The topological polar surface area (TPSA) is 42.0 Å². The van der Waals surface area contributed by atoms with Crippen molar-refractivity contribution in [2.45, 2.75) is 75.2 Å². The van der Waals surface area contributed by atoms with Crippen LogP contribution in [0.4, 0.5) is 5.69 Å². The first-order valence-corrected chi connectivity index (χ1v) is 13.7. The lowest BCUT2D eigenvalue weighted by Gasteiger charge is -2.63. The second kappa shape index (κ2) is 7.34. The molecule has 0 bridgehead atoms. The van der Waals surface area contributed by atoms with Crippen molar-refractivity contribution < 1.29 is 14.3 Å². The number of nitrogens with zero attached hydrogens (tertiary/aromatic N) is 2. The van der Waals surface area contributed by atoms with Crippen molar-refractivity contribution in [2.75, 3.05) is 30.9 Å². The summed E-state index contributed by atoms with van der Waals surface area (Å²) in [4.78, 5) is 18.0. The zero-order valence-electron chi connectivity index (χ0n) is 19.0. The average molecular weight is 473 g/mol. The summed E-state index contributed by atoms with van der Waals surface area (Å²) in [7, 11) is 0. The van der Waals surface area contributed by atoms with Crippen molar-refractivity contribution in [1.82, 2.24) is 4.90 Å². The minimum atomic E-state index is -0.558. The third-order valence-corrected chi connectivity index (χ3v) is 10.1. The van der Waals surface area contributed by atoms with E-state index in [0.29, 0.717) is 10.8 Å². The number of amides is 1. The van der Waals surface area contributed by atoms with Gasteiger partial charge in [0.15, 0.2) is 5.72 Å². The van der Waals surface area contributed by atoms with Crippen molar-refractivity contribution in [3.8, 4) is 0 Å². The minimum absolute atomic E-state index is 0.00202. The van der Waals surface area contributed by atoms with Gasteiger partial charge in [-0.2, -0.15) is 0 Å². The minimum Gasteiger partial charge on any atom is -0.473 e. The van der Waals surface area contributed by atoms with Crippen LogP contribution in [-0.2, 0) is 19.7 Å². The van der Waals surface area contributed by atoms with E-state index in [0.717, 1.165) is 58.2 Å². The highest BCUT2D eigenvalue weighted by Crippen LogP contribution is 2.73. The summed E-state index contributed by atoms with van der Waals surface area (Å²) in [5.41, 5.74) is 1.75. The van der Waals surface area contributed by atoms with Gasteiger partial charge >= 0.3 is 0 Å². The number of benzene rings is 1. The van der Waals surface area contributed by atoms with E-state index in [4.69, 9.17) is 21.7 Å². The number of ether oxygens (including phenoxy) is 2. The molecule has 0 aromatic heterocycles. The summed E-state index contributed by atoms with van der Waals surface area (Å²) in [5.74, 6) is 0.265. The van der Waals surface area contributed by atoms with E-state index >= 15 is 0 Å². The van der Waals surface area contributed by atoms with Crippen molar-refractivity contribution in [1.29, 1.82) is 0 Å². The van der Waals surface area contributed by atoms with Gasteiger partial charge in [0.1, 0.15) is 6.10 Å². The Hall–Kier alpha value is -1.31. The molecule has 32 heavy (non-hydrogen) atoms. The molecule has 4 fully saturated rings. The summed E-state index contributed by atoms with van der Waals surface area (Å²) in [6.45, 7) is 4.72. The SMILES string of the molecule is CCCCN1c2ccccc2[C@@]23CCN4C(=O)CC[C@]5(CCO[C@@]452)CC(OC(=S)SC)[C@@H]13. The Morgan fingerprint density at radius 3 is 2.97 bits per heavy atom. The number of fused-ring (bicyclic) bond motifs is 1. The van der Waals surface area contributed by atoms with E-state index in [2.05, 4.69) is 41.0 Å². The Morgan fingerprint density at radius 2 is 2.16 bits per heavy atom. The van der Waals surface area contributed by atoms with Crippen LogP contribution in [0.5, 0.6) is 0 Å². The van der Waals surface area contributed by atoms with Crippen LogP contribution in [0.3, 0.4) is 0 Å². The molecule has 2 spiro atoms. The standard InChI is InChI=1S/C25H32N2O3S2/c1-3-4-13-26-18-8-6-5-7-17(18)24-11-14-27-20(28)9-10-23(12-15-29-25(23,24)27)16-19(21(24)26)30-22(31)32-2/h5-8,19,21H,3-4,9-16H2,1-2H3/t19?,21-,23+,24-,25+/m1/s1. The second-order valence-corrected chi connectivity index (χ2v) is 11.5. The highest BCUT2D eigenvalue weighted by atomic mass is 32.2. The molecule has 1 saturated carbocycles. The first-order chi connectivity index (χ1) is 15.5. The Balaban J connectivity index is 1.60. The average Bonchev–Trinajstić information content (AvgIpc) is 3.45. The first-order valence-electron chi connectivity index (χ1n) is 12.1. The maximum absolute atomic E-state index is 13.3. The van der Waals surface area contributed by atoms with Crippen LogP contribution in [0.15, 0.2) is 24.3 Å². The van der Waals surface area contributed by atoms with Crippen molar-refractivity contribution in [2.24, 2.45) is 5.41 Å². The fourth-order valence-electron chi connectivity index (χ4n) is 8.18.